The van der Waals surface area contributed by atoms with Gasteiger partial charge in [-0.2, -0.15) is 0 Å². The van der Waals surface area contributed by atoms with Gasteiger partial charge in [-0.05, 0) is 80.6 Å². The summed E-state index contributed by atoms with van der Waals surface area (Å²) in [6.07, 6.45) is 10.3. The predicted octanol–water partition coefficient (Wildman–Crippen LogP) is 3.39. The molecule has 1 aromatic heterocycles. The molecule has 1 saturated heterocycles. The quantitative estimate of drug-likeness (QED) is 0.206. The molecule has 4 rings (SSSR count). The number of hydrogen-bond donors (Lipinski definition) is 5. The highest BCUT2D eigenvalue weighted by Crippen LogP contribution is 2.53. The second-order valence-corrected chi connectivity index (χ2v) is 11.2. The monoisotopic (exact) mass is 484 g/mol. The molecule has 3 fully saturated rings. The van der Waals surface area contributed by atoms with Gasteiger partial charge in [-0.3, -0.25) is 15.0 Å². The first-order chi connectivity index (χ1) is 16.7. The van der Waals surface area contributed by atoms with Gasteiger partial charge in [0.2, 0.25) is 0 Å². The van der Waals surface area contributed by atoms with E-state index in [1.807, 2.05) is 0 Å². The highest BCUT2D eigenvalue weighted by atomic mass is 16.5. The second kappa shape index (κ2) is 10.5. The van der Waals surface area contributed by atoms with Gasteiger partial charge in [0.15, 0.2) is 0 Å². The number of hydrogen-bond acceptors (Lipinski definition) is 5. The van der Waals surface area contributed by atoms with Crippen molar-refractivity contribution in [3.8, 4) is 0 Å². The zero-order valence-corrected chi connectivity index (χ0v) is 20.9. The van der Waals surface area contributed by atoms with Crippen molar-refractivity contribution < 1.29 is 14.3 Å². The van der Waals surface area contributed by atoms with Crippen LogP contribution in [0.15, 0.2) is 11.1 Å². The van der Waals surface area contributed by atoms with Crippen LogP contribution < -0.4 is 16.8 Å². The molecule has 192 valence electrons. The number of nitrogens with two attached hydrogens (primary N) is 2. The number of aromatic nitrogens is 1. The third-order valence-electron chi connectivity index (χ3n) is 8.48. The Labute approximate surface area is 207 Å². The number of amides is 1. The van der Waals surface area contributed by atoms with Crippen LogP contribution in [0.2, 0.25) is 0 Å². The van der Waals surface area contributed by atoms with Gasteiger partial charge in [-0.1, -0.05) is 13.8 Å². The molecule has 0 radical (unpaired) electrons. The number of ether oxygens (including phenoxy) is 1. The zero-order valence-electron chi connectivity index (χ0n) is 20.9. The van der Waals surface area contributed by atoms with Crippen molar-refractivity contribution in [2.75, 3.05) is 6.61 Å². The van der Waals surface area contributed by atoms with Gasteiger partial charge in [0.1, 0.15) is 18.8 Å². The number of aromatic amines is 1. The van der Waals surface area contributed by atoms with E-state index in [0.717, 1.165) is 61.9 Å². The van der Waals surface area contributed by atoms with Gasteiger partial charge in [0.05, 0.1) is 17.7 Å². The third-order valence-corrected chi connectivity index (χ3v) is 8.48. The molecule has 2 aliphatic carbocycles. The number of nitrogens with one attached hydrogen (secondary N) is 3. The van der Waals surface area contributed by atoms with E-state index in [-0.39, 0.29) is 34.9 Å². The molecule has 3 aliphatic rings. The lowest BCUT2D eigenvalue weighted by molar-refractivity contribution is -0.149. The lowest BCUT2D eigenvalue weighted by Gasteiger charge is -2.48. The Hall–Kier alpha value is -2.68. The molecule has 1 aromatic rings. The highest BCUT2D eigenvalue weighted by molar-refractivity contribution is 6.09. The average Bonchev–Trinajstić information content (AvgIpc) is 3.44. The standard InChI is InChI=1S/C26H40N6O3/c1-3-26(10-16-6-15(2)7-17(8-16)11-26)12-22(33)35-13-18-4-5-20(31-18)21-9-19(25(29)34)23(32-21)24(28)30-14-27/h9,14-18,20,31-32H,3-8,10-13H2,1-2H3,(H2,29,34)(H3,27,28,30)/t15?,16?,17?,18?,20-,26?/m1/s1. The molecule has 0 spiro atoms. The minimum Gasteiger partial charge on any atom is -0.464 e. The average molecular weight is 485 g/mol. The Balaban J connectivity index is 1.32. The van der Waals surface area contributed by atoms with Crippen LogP contribution in [0.5, 0.6) is 0 Å². The molecule has 3 unspecified atom stereocenters. The summed E-state index contributed by atoms with van der Waals surface area (Å²) in [5.41, 5.74) is 12.8. The summed E-state index contributed by atoms with van der Waals surface area (Å²) in [4.78, 5) is 31.6. The highest BCUT2D eigenvalue weighted by Gasteiger charge is 2.44. The number of rotatable bonds is 9. The number of carbonyl (C=O) groups excluding carboxylic acids is 2. The number of nitrogens with zero attached hydrogens (tertiary/aromatic N) is 1. The minimum absolute atomic E-state index is 0.0368. The van der Waals surface area contributed by atoms with Gasteiger partial charge in [-0.15, -0.1) is 0 Å². The van der Waals surface area contributed by atoms with E-state index in [2.05, 4.69) is 29.1 Å². The number of aliphatic imine (C=N–C) groups is 1. The van der Waals surface area contributed by atoms with Gasteiger partial charge >= 0.3 is 5.97 Å². The van der Waals surface area contributed by atoms with Crippen LogP contribution in [0.4, 0.5) is 0 Å². The molecule has 9 nitrogen and oxygen atoms in total. The maximum absolute atomic E-state index is 12.9. The van der Waals surface area contributed by atoms with Gasteiger partial charge in [0.25, 0.3) is 5.91 Å². The summed E-state index contributed by atoms with van der Waals surface area (Å²) >= 11 is 0. The van der Waals surface area contributed by atoms with Gasteiger partial charge in [0, 0.05) is 17.8 Å². The van der Waals surface area contributed by atoms with Crippen LogP contribution in [-0.2, 0) is 9.53 Å². The van der Waals surface area contributed by atoms with Gasteiger partial charge < -0.3 is 26.5 Å². The Bertz CT molecular complexity index is 968. The zero-order chi connectivity index (χ0) is 25.2. The van der Waals surface area contributed by atoms with Crippen molar-refractivity contribution in [2.45, 2.75) is 83.7 Å². The largest absolute Gasteiger partial charge is 0.464 e. The molecule has 1 aliphatic heterocycles. The number of fused-ring (bicyclic) bond motifs is 2. The molecule has 0 aromatic carbocycles. The molecule has 35 heavy (non-hydrogen) atoms. The van der Waals surface area contributed by atoms with Crippen molar-refractivity contribution >= 4 is 24.1 Å². The molecule has 9 heteroatoms. The van der Waals surface area contributed by atoms with Crippen molar-refractivity contribution in [1.29, 1.82) is 5.41 Å². The maximum atomic E-state index is 12.9. The SMILES string of the molecule is CCC1(CC(=O)OCC2CC[C@H](c3cc(C(N)=O)c(C(N)=NC=N)[nH]3)N2)CC2CC(C)CC(C2)C1. The first-order valence-corrected chi connectivity index (χ1v) is 13.0. The van der Waals surface area contributed by atoms with Gasteiger partial charge in [-0.25, -0.2) is 4.99 Å². The molecule has 2 bridgehead atoms. The lowest BCUT2D eigenvalue weighted by Crippen LogP contribution is -2.39. The fourth-order valence-electron chi connectivity index (χ4n) is 7.04. The summed E-state index contributed by atoms with van der Waals surface area (Å²) in [6, 6.07) is 1.69. The number of primary amides is 1. The summed E-state index contributed by atoms with van der Waals surface area (Å²) < 4.78 is 5.77. The van der Waals surface area contributed by atoms with E-state index in [1.165, 1.54) is 19.3 Å². The maximum Gasteiger partial charge on any atom is 0.306 e. The first-order valence-electron chi connectivity index (χ1n) is 13.0. The predicted molar refractivity (Wildman–Crippen MR) is 135 cm³/mol. The van der Waals surface area contributed by atoms with E-state index in [9.17, 15) is 9.59 Å². The van der Waals surface area contributed by atoms with Crippen molar-refractivity contribution in [3.63, 3.8) is 0 Å². The van der Waals surface area contributed by atoms with Crippen LogP contribution in [-0.4, -0.2) is 41.7 Å². The van der Waals surface area contributed by atoms with E-state index in [4.69, 9.17) is 21.6 Å². The van der Waals surface area contributed by atoms with Crippen LogP contribution in [0, 0.1) is 28.6 Å². The Morgan fingerprint density at radius 2 is 1.94 bits per heavy atom. The number of carbonyl (C=O) groups is 2. The lowest BCUT2D eigenvalue weighted by atomic mass is 9.57. The summed E-state index contributed by atoms with van der Waals surface area (Å²) in [7, 11) is 0. The first kappa shape index (κ1) is 25.4. The summed E-state index contributed by atoms with van der Waals surface area (Å²) in [5.74, 6) is 1.68. The van der Waals surface area contributed by atoms with Crippen molar-refractivity contribution in [3.05, 3.63) is 23.0 Å². The molecular formula is C26H40N6O3. The fraction of sp³-hybridized carbons (Fsp3) is 0.692. The molecule has 2 saturated carbocycles. The van der Waals surface area contributed by atoms with Crippen LogP contribution >= 0.6 is 0 Å². The van der Waals surface area contributed by atoms with Crippen molar-refractivity contribution in [1.82, 2.24) is 10.3 Å². The Kier molecular flexibility index (Phi) is 7.64. The van der Waals surface area contributed by atoms with E-state index >= 15 is 0 Å². The second-order valence-electron chi connectivity index (χ2n) is 11.2. The normalized spacial score (nSPS) is 32.9. The van der Waals surface area contributed by atoms with E-state index in [0.29, 0.717) is 18.7 Å². The van der Waals surface area contributed by atoms with Crippen molar-refractivity contribution in [2.24, 2.45) is 39.6 Å². The topological polar surface area (TPSA) is 159 Å². The summed E-state index contributed by atoms with van der Waals surface area (Å²) in [5, 5.41) is 10.6. The Morgan fingerprint density at radius 1 is 1.23 bits per heavy atom. The van der Waals surface area contributed by atoms with E-state index in [1.54, 1.807) is 6.07 Å². The molecule has 2 heterocycles. The molecular weight excluding hydrogens is 444 g/mol. The van der Waals surface area contributed by atoms with Crippen LogP contribution in [0.3, 0.4) is 0 Å². The fourth-order valence-corrected chi connectivity index (χ4v) is 7.04. The Morgan fingerprint density at radius 3 is 2.57 bits per heavy atom. The van der Waals surface area contributed by atoms with Crippen LogP contribution in [0.25, 0.3) is 0 Å². The minimum atomic E-state index is -0.611. The summed E-state index contributed by atoms with van der Waals surface area (Å²) in [6.45, 7) is 4.94. The number of amidine groups is 1. The third kappa shape index (κ3) is 5.77. The number of esters is 1. The number of H-pyrrole nitrogens is 1. The molecule has 1 amide bonds. The molecule has 4 atom stereocenters. The van der Waals surface area contributed by atoms with Crippen LogP contribution in [0.1, 0.15) is 99.4 Å². The van der Waals surface area contributed by atoms with E-state index < -0.39 is 5.91 Å². The molecule has 7 N–H and O–H groups in total. The smallest absolute Gasteiger partial charge is 0.306 e.